The third-order valence-corrected chi connectivity index (χ3v) is 11.5. The number of methoxy groups -OCH3 is 3. The number of fused-ring (bicyclic) bond motifs is 3. The van der Waals surface area contributed by atoms with Crippen LogP contribution < -0.4 is 10.6 Å². The van der Waals surface area contributed by atoms with Crippen molar-refractivity contribution in [1.29, 1.82) is 0 Å². The SMILES string of the molecule is C=C1[C@H](COC)CN(C(=O)[C@@H](NC(=O)OC)C(C)C)[C@@H]1c1ncc(-c2ccc(-c3ccc4c(ccc5[nH]c(CN(CCC)C(=O)[C@H](NC(=O)OC)c6ccccc6)nc54)c3)cc2)[nH]1. The highest BCUT2D eigenvalue weighted by atomic mass is 16.5. The summed E-state index contributed by atoms with van der Waals surface area (Å²) >= 11 is 0. The average Bonchev–Trinajstić information content (AvgIpc) is 4.04. The van der Waals surface area contributed by atoms with Crippen LogP contribution in [0.15, 0.2) is 103 Å². The molecule has 1 aliphatic heterocycles. The largest absolute Gasteiger partial charge is 0.453 e. The topological polar surface area (TPSA) is 184 Å². The monoisotopic (exact) mass is 854 g/mol. The van der Waals surface area contributed by atoms with Gasteiger partial charge in [0.25, 0.3) is 0 Å². The summed E-state index contributed by atoms with van der Waals surface area (Å²) < 4.78 is 15.1. The molecular weight excluding hydrogens is 801 g/mol. The van der Waals surface area contributed by atoms with Gasteiger partial charge in [0.15, 0.2) is 0 Å². The standard InChI is InChI=1S/C48H54N8O7/c1-8-22-55(45(57)41(54-48(60)63-7)32-12-10-9-11-13-32)26-39-50-37-21-19-34-23-33(18-20-36(34)42(37)52-39)30-14-16-31(17-15-30)38-24-49-44(51-38)43-29(4)35(27-61-5)25-56(43)46(58)40(28(2)3)53-47(59)62-6/h9-21,23-24,28,35,40-41,43H,4,8,22,25-27H2,1-3,5-7H3,(H,49,51)(H,50,52)(H,53,59)(H,54,60)/t35-,40-,41+,43-/m0/s1. The number of nitrogens with one attached hydrogen (secondary N) is 4. The van der Waals surface area contributed by atoms with Crippen molar-refractivity contribution in [1.82, 2.24) is 40.4 Å². The van der Waals surface area contributed by atoms with Gasteiger partial charge in [-0.3, -0.25) is 9.59 Å². The molecule has 1 fully saturated rings. The predicted molar refractivity (Wildman–Crippen MR) is 240 cm³/mol. The lowest BCUT2D eigenvalue weighted by Crippen LogP contribution is -2.51. The number of H-pyrrole nitrogens is 2. The van der Waals surface area contributed by atoms with E-state index in [2.05, 4.69) is 63.6 Å². The molecule has 15 nitrogen and oxygen atoms in total. The van der Waals surface area contributed by atoms with Crippen molar-refractivity contribution in [2.45, 2.75) is 51.9 Å². The first-order valence-electron chi connectivity index (χ1n) is 21.0. The lowest BCUT2D eigenvalue weighted by atomic mass is 9.99. The minimum atomic E-state index is -0.920. The highest BCUT2D eigenvalue weighted by molar-refractivity contribution is 6.05. The van der Waals surface area contributed by atoms with E-state index in [1.54, 1.807) is 35.2 Å². The van der Waals surface area contributed by atoms with E-state index in [0.29, 0.717) is 43.3 Å². The molecule has 1 aliphatic rings. The van der Waals surface area contributed by atoms with E-state index in [4.69, 9.17) is 24.2 Å². The normalized spacial score (nSPS) is 16.0. The summed E-state index contributed by atoms with van der Waals surface area (Å²) in [7, 11) is 4.16. The number of ether oxygens (including phenoxy) is 3. The van der Waals surface area contributed by atoms with E-state index in [1.807, 2.05) is 57.2 Å². The van der Waals surface area contributed by atoms with E-state index in [0.717, 1.165) is 49.8 Å². The molecule has 4 amide bonds. The number of carbonyl (C=O) groups is 4. The molecule has 1 saturated heterocycles. The summed E-state index contributed by atoms with van der Waals surface area (Å²) in [6.07, 6.45) is 1.11. The molecule has 0 bridgehead atoms. The van der Waals surface area contributed by atoms with Crippen LogP contribution in [0.5, 0.6) is 0 Å². The summed E-state index contributed by atoms with van der Waals surface area (Å²) in [6, 6.07) is 25.4. The number of carbonyl (C=O) groups excluding carboxylic acids is 4. The maximum atomic E-state index is 14.0. The second kappa shape index (κ2) is 19.4. The van der Waals surface area contributed by atoms with Crippen LogP contribution in [-0.4, -0.2) is 101 Å². The predicted octanol–water partition coefficient (Wildman–Crippen LogP) is 7.69. The molecule has 2 aromatic heterocycles. The first-order chi connectivity index (χ1) is 30.4. The number of aromatic amines is 2. The molecule has 0 spiro atoms. The van der Waals surface area contributed by atoms with Crippen LogP contribution in [0.3, 0.4) is 0 Å². The number of alkyl carbamates (subject to hydrolysis) is 2. The van der Waals surface area contributed by atoms with Gasteiger partial charge in [0.05, 0.1) is 50.3 Å². The Morgan fingerprint density at radius 1 is 0.889 bits per heavy atom. The summed E-state index contributed by atoms with van der Waals surface area (Å²) in [5, 5.41) is 7.38. The van der Waals surface area contributed by atoms with Gasteiger partial charge in [-0.15, -0.1) is 0 Å². The summed E-state index contributed by atoms with van der Waals surface area (Å²) in [4.78, 5) is 72.4. The van der Waals surface area contributed by atoms with Crippen molar-refractivity contribution >= 4 is 45.8 Å². The fraction of sp³-hybridized carbons (Fsp3) is 0.333. The zero-order valence-electron chi connectivity index (χ0n) is 36.4. The number of imidazole rings is 2. The van der Waals surface area contributed by atoms with Gasteiger partial charge < -0.3 is 44.6 Å². The number of amides is 4. The number of benzene rings is 4. The molecule has 4 N–H and O–H groups in total. The Bertz CT molecular complexity index is 2600. The zero-order valence-corrected chi connectivity index (χ0v) is 36.4. The smallest absolute Gasteiger partial charge is 0.407 e. The van der Waals surface area contributed by atoms with Crippen LogP contribution in [-0.2, 0) is 30.3 Å². The Morgan fingerprint density at radius 3 is 2.27 bits per heavy atom. The van der Waals surface area contributed by atoms with E-state index in [9.17, 15) is 19.2 Å². The third-order valence-electron chi connectivity index (χ3n) is 11.5. The molecule has 7 rings (SSSR count). The Morgan fingerprint density at radius 2 is 1.59 bits per heavy atom. The van der Waals surface area contributed by atoms with Gasteiger partial charge in [-0.05, 0) is 57.7 Å². The van der Waals surface area contributed by atoms with Gasteiger partial charge in [-0.25, -0.2) is 19.6 Å². The van der Waals surface area contributed by atoms with Crippen molar-refractivity contribution in [2.24, 2.45) is 11.8 Å². The molecule has 0 unspecified atom stereocenters. The van der Waals surface area contributed by atoms with Crippen molar-refractivity contribution in [3.8, 4) is 22.4 Å². The van der Waals surface area contributed by atoms with Crippen molar-refractivity contribution in [2.75, 3.05) is 41.0 Å². The highest BCUT2D eigenvalue weighted by Gasteiger charge is 2.44. The Kier molecular flexibility index (Phi) is 13.5. The molecule has 15 heteroatoms. The molecule has 6 aromatic rings. The number of likely N-dealkylation sites (tertiary alicyclic amines) is 1. The molecule has 4 atom stereocenters. The van der Waals surface area contributed by atoms with Crippen LogP contribution in [0.1, 0.15) is 56.5 Å². The molecule has 328 valence electrons. The Labute approximate surface area is 366 Å². The fourth-order valence-electron chi connectivity index (χ4n) is 8.25. The van der Waals surface area contributed by atoms with Gasteiger partial charge in [-0.1, -0.05) is 100 Å². The van der Waals surface area contributed by atoms with Crippen LogP contribution in [0.25, 0.3) is 44.2 Å². The number of aromatic nitrogens is 4. The van der Waals surface area contributed by atoms with Gasteiger partial charge in [0.1, 0.15) is 29.8 Å². The molecule has 0 radical (unpaired) electrons. The van der Waals surface area contributed by atoms with Crippen molar-refractivity contribution in [3.63, 3.8) is 0 Å². The number of hydrogen-bond acceptors (Lipinski definition) is 9. The number of rotatable bonds is 15. The number of nitrogens with zero attached hydrogens (tertiary/aromatic N) is 4. The molecule has 4 aromatic carbocycles. The van der Waals surface area contributed by atoms with E-state index in [-0.39, 0.29) is 30.2 Å². The van der Waals surface area contributed by atoms with Crippen LogP contribution in [0, 0.1) is 11.8 Å². The van der Waals surface area contributed by atoms with Gasteiger partial charge >= 0.3 is 12.2 Å². The highest BCUT2D eigenvalue weighted by Crippen LogP contribution is 2.40. The molecule has 0 saturated carbocycles. The second-order valence-corrected chi connectivity index (χ2v) is 16.1. The third kappa shape index (κ3) is 9.43. The average molecular weight is 855 g/mol. The second-order valence-electron chi connectivity index (χ2n) is 16.1. The van der Waals surface area contributed by atoms with E-state index < -0.39 is 30.3 Å². The Hall–Kier alpha value is -7.00. The number of hydrogen-bond donors (Lipinski definition) is 4. The summed E-state index contributed by atoms with van der Waals surface area (Å²) in [6.45, 7) is 11.6. The first-order valence-corrected chi connectivity index (χ1v) is 21.0. The molecule has 3 heterocycles. The minimum Gasteiger partial charge on any atom is -0.453 e. The summed E-state index contributed by atoms with van der Waals surface area (Å²) in [5.74, 6) is 0.393. The lowest BCUT2D eigenvalue weighted by Gasteiger charge is -2.30. The summed E-state index contributed by atoms with van der Waals surface area (Å²) in [5.41, 5.74) is 6.86. The maximum Gasteiger partial charge on any atom is 0.407 e. The van der Waals surface area contributed by atoms with Crippen LogP contribution >= 0.6 is 0 Å². The van der Waals surface area contributed by atoms with Crippen molar-refractivity contribution < 1.29 is 33.4 Å². The maximum absolute atomic E-state index is 14.0. The van der Waals surface area contributed by atoms with Crippen molar-refractivity contribution in [3.05, 3.63) is 120 Å². The van der Waals surface area contributed by atoms with Crippen LogP contribution in [0.2, 0.25) is 0 Å². The minimum absolute atomic E-state index is 0.112. The molecule has 0 aliphatic carbocycles. The molecular formula is C48H54N8O7. The Balaban J connectivity index is 1.09. The van der Waals surface area contributed by atoms with Crippen LogP contribution in [0.4, 0.5) is 9.59 Å². The first kappa shape index (κ1) is 44.1. The molecule has 63 heavy (non-hydrogen) atoms. The van der Waals surface area contributed by atoms with E-state index in [1.165, 1.54) is 14.2 Å². The van der Waals surface area contributed by atoms with Gasteiger partial charge in [-0.2, -0.15) is 0 Å². The quantitative estimate of drug-likeness (QED) is 0.0753. The fourth-order valence-corrected chi connectivity index (χ4v) is 8.25. The van der Waals surface area contributed by atoms with Gasteiger partial charge in [0.2, 0.25) is 11.8 Å². The zero-order chi connectivity index (χ0) is 44.8. The van der Waals surface area contributed by atoms with E-state index >= 15 is 0 Å². The lowest BCUT2D eigenvalue weighted by molar-refractivity contribution is -0.135. The van der Waals surface area contributed by atoms with Gasteiger partial charge in [0, 0.05) is 31.5 Å².